The Morgan fingerprint density at radius 3 is 1.46 bits per heavy atom. The summed E-state index contributed by atoms with van der Waals surface area (Å²) >= 11 is 0. The van der Waals surface area contributed by atoms with E-state index in [-0.39, 0.29) is 13.2 Å². The Bertz CT molecular complexity index is 496. The summed E-state index contributed by atoms with van der Waals surface area (Å²) in [6.45, 7) is 16.0. The van der Waals surface area contributed by atoms with Crippen LogP contribution in [0.15, 0.2) is 0 Å². The predicted octanol–water partition coefficient (Wildman–Crippen LogP) is 5.28. The van der Waals surface area contributed by atoms with Crippen LogP contribution in [-0.4, -0.2) is 53.2 Å². The van der Waals surface area contributed by atoms with Crippen LogP contribution in [-0.2, 0) is 18.9 Å². The van der Waals surface area contributed by atoms with E-state index in [4.69, 9.17) is 18.9 Å². The van der Waals surface area contributed by atoms with Gasteiger partial charge in [-0.05, 0) is 81.6 Å². The molecule has 0 radical (unpaired) electrons. The van der Waals surface area contributed by atoms with Crippen LogP contribution in [0.3, 0.4) is 0 Å². The zero-order chi connectivity index (χ0) is 22.2. The molecule has 0 saturated heterocycles. The van der Waals surface area contributed by atoms with Gasteiger partial charge in [-0.15, -0.1) is 0 Å². The molecule has 0 spiro atoms. The van der Waals surface area contributed by atoms with Crippen molar-refractivity contribution in [3.63, 3.8) is 0 Å². The van der Waals surface area contributed by atoms with Crippen LogP contribution >= 0.6 is 0 Å². The van der Waals surface area contributed by atoms with E-state index in [2.05, 4.69) is 0 Å². The fourth-order valence-corrected chi connectivity index (χ4v) is 1.87. The molecule has 0 atom stereocenters. The quantitative estimate of drug-likeness (QED) is 0.338. The minimum Gasteiger partial charge on any atom is -0.443 e. The molecule has 0 rings (SSSR count). The van der Waals surface area contributed by atoms with Crippen molar-refractivity contribution in [1.82, 2.24) is 4.90 Å². The summed E-state index contributed by atoms with van der Waals surface area (Å²) in [5.74, 6) is 0. The summed E-state index contributed by atoms with van der Waals surface area (Å²) in [5, 5.41) is 0. The van der Waals surface area contributed by atoms with Crippen molar-refractivity contribution < 1.29 is 33.3 Å². The molecule has 0 aliphatic heterocycles. The van der Waals surface area contributed by atoms with Crippen LogP contribution in [0.1, 0.15) is 81.6 Å². The van der Waals surface area contributed by atoms with Crippen LogP contribution in [0.2, 0.25) is 0 Å². The topological polar surface area (TPSA) is 91.4 Å². The fourth-order valence-electron chi connectivity index (χ4n) is 1.87. The van der Waals surface area contributed by atoms with E-state index in [1.165, 1.54) is 0 Å². The van der Waals surface area contributed by atoms with Crippen LogP contribution < -0.4 is 0 Å². The molecule has 0 aliphatic rings. The minimum atomic E-state index is -0.744. The van der Waals surface area contributed by atoms with Crippen molar-refractivity contribution in [1.29, 1.82) is 0 Å². The van der Waals surface area contributed by atoms with E-state index in [1.54, 1.807) is 62.3 Å². The first-order valence-electron chi connectivity index (χ1n) is 9.59. The summed E-state index contributed by atoms with van der Waals surface area (Å²) in [6, 6.07) is 0. The molecule has 0 N–H and O–H groups in total. The Balaban J connectivity index is 4.51. The Morgan fingerprint density at radius 2 is 1.07 bits per heavy atom. The van der Waals surface area contributed by atoms with Crippen LogP contribution in [0.25, 0.3) is 0 Å². The molecular formula is C20H37NO7. The summed E-state index contributed by atoms with van der Waals surface area (Å²) in [7, 11) is 0. The summed E-state index contributed by atoms with van der Waals surface area (Å²) < 4.78 is 20.6. The lowest BCUT2D eigenvalue weighted by molar-refractivity contribution is -0.00770. The van der Waals surface area contributed by atoms with E-state index in [1.807, 2.05) is 0 Å². The summed E-state index contributed by atoms with van der Waals surface area (Å²) in [4.78, 5) is 37.1. The van der Waals surface area contributed by atoms with Crippen molar-refractivity contribution in [2.45, 2.75) is 98.4 Å². The lowest BCUT2D eigenvalue weighted by Crippen LogP contribution is -2.44. The molecule has 0 aromatic carbocycles. The number of rotatable bonds is 6. The SMILES string of the molecule is CC(C)(C)OC(=O)OCCCCCN(C(=O)OC(C)(C)C)C(=O)OC(C)(C)C. The molecule has 0 aromatic rings. The molecule has 164 valence electrons. The maximum absolute atomic E-state index is 12.3. The van der Waals surface area contributed by atoms with E-state index < -0.39 is 35.1 Å². The number of nitrogens with zero attached hydrogens (tertiary/aromatic N) is 1. The van der Waals surface area contributed by atoms with Gasteiger partial charge in [0.05, 0.1) is 6.61 Å². The van der Waals surface area contributed by atoms with E-state index in [0.29, 0.717) is 19.3 Å². The Morgan fingerprint density at radius 1 is 0.643 bits per heavy atom. The van der Waals surface area contributed by atoms with Crippen molar-refractivity contribution >= 4 is 18.3 Å². The largest absolute Gasteiger partial charge is 0.508 e. The molecule has 8 nitrogen and oxygen atoms in total. The Labute approximate surface area is 168 Å². The van der Waals surface area contributed by atoms with Crippen molar-refractivity contribution in [3.05, 3.63) is 0 Å². The molecule has 0 fully saturated rings. The molecule has 28 heavy (non-hydrogen) atoms. The van der Waals surface area contributed by atoms with Crippen molar-refractivity contribution in [2.75, 3.05) is 13.2 Å². The average Bonchev–Trinajstić information content (AvgIpc) is 2.40. The standard InChI is InChI=1S/C20H37NO7/c1-18(2,3)26-15(22)21(16(23)27-19(4,5)6)13-11-10-12-14-25-17(24)28-20(7,8)9/h10-14H2,1-9H3. The third kappa shape index (κ3) is 14.1. The summed E-state index contributed by atoms with van der Waals surface area (Å²) in [6.07, 6.45) is -0.452. The highest BCUT2D eigenvalue weighted by molar-refractivity contribution is 5.88. The third-order valence-corrected chi connectivity index (χ3v) is 2.86. The van der Waals surface area contributed by atoms with Crippen molar-refractivity contribution in [2.24, 2.45) is 0 Å². The van der Waals surface area contributed by atoms with Crippen molar-refractivity contribution in [3.8, 4) is 0 Å². The Kier molecular flexibility index (Phi) is 9.78. The van der Waals surface area contributed by atoms with Gasteiger partial charge in [0.1, 0.15) is 16.8 Å². The van der Waals surface area contributed by atoms with Crippen LogP contribution in [0.5, 0.6) is 0 Å². The number of carbonyl (C=O) groups excluding carboxylic acids is 3. The average molecular weight is 404 g/mol. The first-order valence-corrected chi connectivity index (χ1v) is 9.59. The predicted molar refractivity (Wildman–Crippen MR) is 105 cm³/mol. The molecule has 0 heterocycles. The third-order valence-electron chi connectivity index (χ3n) is 2.86. The maximum atomic E-state index is 12.3. The number of unbranched alkanes of at least 4 members (excludes halogenated alkanes) is 2. The molecular weight excluding hydrogens is 366 g/mol. The molecule has 0 saturated carbocycles. The van der Waals surface area contributed by atoms with Gasteiger partial charge >= 0.3 is 18.3 Å². The molecule has 0 aromatic heterocycles. The maximum Gasteiger partial charge on any atom is 0.508 e. The van der Waals surface area contributed by atoms with Gasteiger partial charge in [0.25, 0.3) is 0 Å². The number of hydrogen-bond acceptors (Lipinski definition) is 7. The normalized spacial score (nSPS) is 12.2. The van der Waals surface area contributed by atoms with Crippen LogP contribution in [0, 0.1) is 0 Å². The van der Waals surface area contributed by atoms with Gasteiger partial charge in [0.15, 0.2) is 0 Å². The van der Waals surface area contributed by atoms with Gasteiger partial charge in [-0.3, -0.25) is 0 Å². The van der Waals surface area contributed by atoms with E-state index >= 15 is 0 Å². The highest BCUT2D eigenvalue weighted by atomic mass is 16.7. The monoisotopic (exact) mass is 403 g/mol. The zero-order valence-corrected chi connectivity index (χ0v) is 18.8. The Hall–Kier alpha value is -1.99. The highest BCUT2D eigenvalue weighted by Crippen LogP contribution is 2.15. The van der Waals surface area contributed by atoms with Gasteiger partial charge in [-0.1, -0.05) is 0 Å². The smallest absolute Gasteiger partial charge is 0.443 e. The summed E-state index contributed by atoms with van der Waals surface area (Å²) in [5.41, 5.74) is -2.05. The number of carbonyl (C=O) groups is 3. The highest BCUT2D eigenvalue weighted by Gasteiger charge is 2.30. The molecule has 0 bridgehead atoms. The number of ether oxygens (including phenoxy) is 4. The zero-order valence-electron chi connectivity index (χ0n) is 18.8. The minimum absolute atomic E-state index is 0.149. The first-order chi connectivity index (χ1) is 12.5. The lowest BCUT2D eigenvalue weighted by Gasteiger charge is -2.28. The van der Waals surface area contributed by atoms with E-state index in [0.717, 1.165) is 4.90 Å². The molecule has 2 amide bonds. The van der Waals surface area contributed by atoms with Gasteiger partial charge in [-0.25, -0.2) is 19.3 Å². The number of hydrogen-bond donors (Lipinski definition) is 0. The molecule has 0 unspecified atom stereocenters. The van der Waals surface area contributed by atoms with Gasteiger partial charge in [-0.2, -0.15) is 0 Å². The van der Waals surface area contributed by atoms with Gasteiger partial charge in [0.2, 0.25) is 0 Å². The molecule has 8 heteroatoms. The van der Waals surface area contributed by atoms with E-state index in [9.17, 15) is 14.4 Å². The second kappa shape index (κ2) is 10.5. The number of imide groups is 1. The van der Waals surface area contributed by atoms with Gasteiger partial charge in [0, 0.05) is 6.54 Å². The number of amides is 2. The second-order valence-electron chi connectivity index (χ2n) is 9.49. The van der Waals surface area contributed by atoms with Crippen LogP contribution in [0.4, 0.5) is 14.4 Å². The lowest BCUT2D eigenvalue weighted by atomic mass is 10.2. The first kappa shape index (κ1) is 26.0. The molecule has 0 aliphatic carbocycles. The van der Waals surface area contributed by atoms with Gasteiger partial charge < -0.3 is 18.9 Å². The fraction of sp³-hybridized carbons (Fsp3) is 0.850. The second-order valence-corrected chi connectivity index (χ2v) is 9.49.